The third-order valence-corrected chi connectivity index (χ3v) is 5.52. The lowest BCUT2D eigenvalue weighted by Gasteiger charge is -2.24. The summed E-state index contributed by atoms with van der Waals surface area (Å²) in [5.74, 6) is -1.05. The van der Waals surface area contributed by atoms with E-state index in [4.69, 9.17) is 14.4 Å². The van der Waals surface area contributed by atoms with E-state index in [0.717, 1.165) is 12.1 Å². The van der Waals surface area contributed by atoms with Crippen molar-refractivity contribution in [3.63, 3.8) is 0 Å². The molecule has 35 heavy (non-hydrogen) atoms. The molecule has 0 bridgehead atoms. The standard InChI is InChI=1S/C23H19F3N4O5/c1-22(2)11-30(10-18-28-29-20(35-18)15-6-4-13(31)7-17(15)32)21(33)19(22)34-14-5-3-12(9-27)16(8-14)23(24,25)26/h3-8,19,31-32H,10-11H2,1-2H3. The first kappa shape index (κ1) is 23.9. The van der Waals surface area contributed by atoms with Crippen LogP contribution in [0.2, 0.25) is 0 Å². The van der Waals surface area contributed by atoms with Gasteiger partial charge in [0.1, 0.15) is 17.2 Å². The number of phenols is 2. The minimum Gasteiger partial charge on any atom is -0.508 e. The van der Waals surface area contributed by atoms with E-state index in [1.54, 1.807) is 13.8 Å². The Balaban J connectivity index is 1.53. The third-order valence-electron chi connectivity index (χ3n) is 5.52. The number of nitriles is 1. The zero-order valence-corrected chi connectivity index (χ0v) is 18.5. The van der Waals surface area contributed by atoms with Crippen molar-refractivity contribution in [2.45, 2.75) is 32.7 Å². The van der Waals surface area contributed by atoms with Crippen molar-refractivity contribution >= 4 is 5.91 Å². The van der Waals surface area contributed by atoms with Crippen molar-refractivity contribution in [3.05, 3.63) is 53.4 Å². The van der Waals surface area contributed by atoms with E-state index in [0.29, 0.717) is 6.07 Å². The van der Waals surface area contributed by atoms with Gasteiger partial charge in [-0.1, -0.05) is 13.8 Å². The number of carbonyl (C=O) groups is 1. The normalized spacial score (nSPS) is 17.4. The molecule has 1 amide bonds. The Morgan fingerprint density at radius 2 is 1.97 bits per heavy atom. The second kappa shape index (κ2) is 8.50. The van der Waals surface area contributed by atoms with Crippen molar-refractivity contribution in [3.8, 4) is 34.8 Å². The van der Waals surface area contributed by atoms with E-state index in [-0.39, 0.29) is 47.7 Å². The molecule has 3 aromatic rings. The number of amides is 1. The highest BCUT2D eigenvalue weighted by molar-refractivity contribution is 5.84. The van der Waals surface area contributed by atoms with Crippen molar-refractivity contribution in [1.82, 2.24) is 15.1 Å². The molecule has 2 N–H and O–H groups in total. The zero-order chi connectivity index (χ0) is 25.5. The van der Waals surface area contributed by atoms with E-state index in [1.165, 1.54) is 29.2 Å². The average Bonchev–Trinajstić information content (AvgIpc) is 3.31. The summed E-state index contributed by atoms with van der Waals surface area (Å²) in [6.07, 6.45) is -5.85. The number of aromatic nitrogens is 2. The number of phenolic OH excluding ortho intramolecular Hbond substituents is 2. The lowest BCUT2D eigenvalue weighted by Crippen LogP contribution is -2.36. The molecule has 1 atom stereocenters. The first-order valence-electron chi connectivity index (χ1n) is 10.3. The molecule has 12 heteroatoms. The first-order valence-corrected chi connectivity index (χ1v) is 10.3. The van der Waals surface area contributed by atoms with Crippen LogP contribution in [0.4, 0.5) is 13.2 Å². The predicted octanol–water partition coefficient (Wildman–Crippen LogP) is 3.85. The van der Waals surface area contributed by atoms with E-state index < -0.39 is 34.7 Å². The molecule has 0 saturated carbocycles. The number of alkyl halides is 3. The lowest BCUT2D eigenvalue weighted by molar-refractivity contribution is -0.138. The number of nitrogens with zero attached hydrogens (tertiary/aromatic N) is 4. The fraction of sp³-hybridized carbons (Fsp3) is 0.304. The molecule has 9 nitrogen and oxygen atoms in total. The Morgan fingerprint density at radius 1 is 1.23 bits per heavy atom. The van der Waals surface area contributed by atoms with Crippen molar-refractivity contribution in [2.24, 2.45) is 5.41 Å². The number of carbonyl (C=O) groups excluding carboxylic acids is 1. The van der Waals surface area contributed by atoms with Crippen LogP contribution in [0.3, 0.4) is 0 Å². The smallest absolute Gasteiger partial charge is 0.417 e. The molecule has 1 saturated heterocycles. The van der Waals surface area contributed by atoms with Crippen molar-refractivity contribution < 1.29 is 37.3 Å². The van der Waals surface area contributed by atoms with E-state index >= 15 is 0 Å². The molecule has 4 rings (SSSR count). The highest BCUT2D eigenvalue weighted by Crippen LogP contribution is 2.38. The van der Waals surface area contributed by atoms with Gasteiger partial charge in [0.05, 0.1) is 29.3 Å². The number of aromatic hydroxyl groups is 2. The fourth-order valence-corrected chi connectivity index (χ4v) is 3.85. The van der Waals surface area contributed by atoms with Crippen LogP contribution in [-0.4, -0.2) is 43.9 Å². The van der Waals surface area contributed by atoms with Crippen LogP contribution in [0, 0.1) is 16.7 Å². The number of halogens is 3. The molecule has 1 aliphatic heterocycles. The Bertz CT molecular complexity index is 1330. The van der Waals surface area contributed by atoms with Gasteiger partial charge < -0.3 is 24.3 Å². The number of likely N-dealkylation sites (tertiary alicyclic amines) is 1. The number of hydrogen-bond acceptors (Lipinski definition) is 8. The van der Waals surface area contributed by atoms with Crippen LogP contribution in [0.1, 0.15) is 30.9 Å². The molecular weight excluding hydrogens is 469 g/mol. The topological polar surface area (TPSA) is 133 Å². The molecule has 2 aromatic carbocycles. The Labute approximate surface area is 197 Å². The van der Waals surface area contributed by atoms with Gasteiger partial charge in [0, 0.05) is 18.0 Å². The predicted molar refractivity (Wildman–Crippen MR) is 113 cm³/mol. The van der Waals surface area contributed by atoms with Gasteiger partial charge in [-0.25, -0.2) is 0 Å². The van der Waals surface area contributed by atoms with Crippen LogP contribution in [0.15, 0.2) is 40.8 Å². The zero-order valence-electron chi connectivity index (χ0n) is 18.5. The number of ether oxygens (including phenoxy) is 1. The summed E-state index contributed by atoms with van der Waals surface area (Å²) in [7, 11) is 0. The van der Waals surface area contributed by atoms with Gasteiger partial charge in [0.15, 0.2) is 6.10 Å². The lowest BCUT2D eigenvalue weighted by atomic mass is 9.89. The van der Waals surface area contributed by atoms with Gasteiger partial charge in [-0.15, -0.1) is 10.2 Å². The van der Waals surface area contributed by atoms with Gasteiger partial charge in [-0.05, 0) is 30.3 Å². The first-order chi connectivity index (χ1) is 16.4. The average molecular weight is 488 g/mol. The number of hydrogen-bond donors (Lipinski definition) is 2. The summed E-state index contributed by atoms with van der Waals surface area (Å²) >= 11 is 0. The van der Waals surface area contributed by atoms with Crippen LogP contribution in [0.5, 0.6) is 17.2 Å². The summed E-state index contributed by atoms with van der Waals surface area (Å²) in [6.45, 7) is 3.57. The van der Waals surface area contributed by atoms with E-state index in [1.807, 2.05) is 0 Å². The SMILES string of the molecule is CC1(C)CN(Cc2nnc(-c3ccc(O)cc3O)o2)C(=O)C1Oc1ccc(C#N)c(C(F)(F)F)c1. The summed E-state index contributed by atoms with van der Waals surface area (Å²) in [4.78, 5) is 14.5. The Morgan fingerprint density at radius 3 is 2.63 bits per heavy atom. The number of benzene rings is 2. The van der Waals surface area contributed by atoms with Crippen molar-refractivity contribution in [1.29, 1.82) is 5.26 Å². The molecule has 0 radical (unpaired) electrons. The van der Waals surface area contributed by atoms with Gasteiger partial charge in [-0.3, -0.25) is 4.79 Å². The maximum atomic E-state index is 13.3. The fourth-order valence-electron chi connectivity index (χ4n) is 3.85. The molecule has 182 valence electrons. The van der Waals surface area contributed by atoms with Crippen molar-refractivity contribution in [2.75, 3.05) is 6.54 Å². The molecule has 1 fully saturated rings. The third kappa shape index (κ3) is 4.70. The van der Waals surface area contributed by atoms with Gasteiger partial charge >= 0.3 is 6.18 Å². The highest BCUT2D eigenvalue weighted by Gasteiger charge is 2.48. The molecule has 0 spiro atoms. The summed E-state index contributed by atoms with van der Waals surface area (Å²) in [5.41, 5.74) is -2.28. The van der Waals surface area contributed by atoms with Crippen LogP contribution < -0.4 is 4.74 Å². The highest BCUT2D eigenvalue weighted by atomic mass is 19.4. The van der Waals surface area contributed by atoms with Gasteiger partial charge in [0.2, 0.25) is 5.89 Å². The Kier molecular flexibility index (Phi) is 5.80. The van der Waals surface area contributed by atoms with Crippen LogP contribution in [0.25, 0.3) is 11.5 Å². The second-order valence-corrected chi connectivity index (χ2v) is 8.70. The van der Waals surface area contributed by atoms with Gasteiger partial charge in [-0.2, -0.15) is 18.4 Å². The summed E-state index contributed by atoms with van der Waals surface area (Å²) < 4.78 is 51.1. The Hall–Kier alpha value is -4.27. The van der Waals surface area contributed by atoms with E-state index in [9.17, 15) is 28.2 Å². The molecular formula is C23H19F3N4O5. The molecule has 1 unspecified atom stereocenters. The minimum atomic E-state index is -4.76. The molecule has 0 aliphatic carbocycles. The summed E-state index contributed by atoms with van der Waals surface area (Å²) in [6, 6.07) is 8.26. The monoisotopic (exact) mass is 488 g/mol. The van der Waals surface area contributed by atoms with Gasteiger partial charge in [0.25, 0.3) is 11.8 Å². The minimum absolute atomic E-state index is 0.0199. The molecule has 2 heterocycles. The van der Waals surface area contributed by atoms with Crippen LogP contribution in [-0.2, 0) is 17.5 Å². The molecule has 1 aromatic heterocycles. The summed E-state index contributed by atoms with van der Waals surface area (Å²) in [5, 5.41) is 36.1. The van der Waals surface area contributed by atoms with E-state index in [2.05, 4.69) is 10.2 Å². The second-order valence-electron chi connectivity index (χ2n) is 8.70. The maximum Gasteiger partial charge on any atom is 0.417 e. The maximum absolute atomic E-state index is 13.3. The quantitative estimate of drug-likeness (QED) is 0.553. The molecule has 1 aliphatic rings. The van der Waals surface area contributed by atoms with Crippen LogP contribution >= 0.6 is 0 Å². The number of rotatable bonds is 5. The largest absolute Gasteiger partial charge is 0.508 e.